The first-order chi connectivity index (χ1) is 9.84. The molecule has 1 heterocycles. The maximum absolute atomic E-state index is 2.26. The number of hydrogen-bond acceptors (Lipinski definition) is 0. The standard InChI is InChI=1S/C19H15B/c1-14-10-12-15(13-11-14)20-18-8-4-2-6-16(18)17-7-3-5-9-19(17)20/h2-13H,1H3. The molecular weight excluding hydrogens is 239 g/mol. The van der Waals surface area contributed by atoms with Gasteiger partial charge in [-0.05, 0) is 18.1 Å². The minimum absolute atomic E-state index is 0.378. The van der Waals surface area contributed by atoms with Crippen LogP contribution in [0.5, 0.6) is 0 Å². The molecule has 0 bridgehead atoms. The maximum atomic E-state index is 2.26. The molecule has 0 aromatic heterocycles. The van der Waals surface area contributed by atoms with Gasteiger partial charge in [0.15, 0.2) is 0 Å². The third-order valence-electron chi connectivity index (χ3n) is 4.24. The molecule has 0 fully saturated rings. The Bertz CT molecular complexity index is 726. The van der Waals surface area contributed by atoms with Crippen molar-refractivity contribution in [2.75, 3.05) is 0 Å². The highest BCUT2D eigenvalue weighted by atomic mass is 14.1. The Hall–Kier alpha value is -2.28. The summed E-state index contributed by atoms with van der Waals surface area (Å²) in [5.74, 6) is 0. The van der Waals surface area contributed by atoms with Gasteiger partial charge < -0.3 is 0 Å². The quantitative estimate of drug-likeness (QED) is 0.458. The van der Waals surface area contributed by atoms with Crippen molar-refractivity contribution in [1.82, 2.24) is 0 Å². The van der Waals surface area contributed by atoms with Gasteiger partial charge in [-0.25, -0.2) is 0 Å². The van der Waals surface area contributed by atoms with Gasteiger partial charge in [-0.2, -0.15) is 0 Å². The summed E-state index contributed by atoms with van der Waals surface area (Å²) in [6.07, 6.45) is 0. The summed E-state index contributed by atoms with van der Waals surface area (Å²) in [7, 11) is 0. The molecule has 1 aliphatic rings. The lowest BCUT2D eigenvalue weighted by molar-refractivity contribution is 1.49. The summed E-state index contributed by atoms with van der Waals surface area (Å²) in [5.41, 5.74) is 8.32. The van der Waals surface area contributed by atoms with Gasteiger partial charge >= 0.3 is 0 Å². The van der Waals surface area contributed by atoms with Gasteiger partial charge in [-0.15, -0.1) is 0 Å². The van der Waals surface area contributed by atoms with Crippen LogP contribution >= 0.6 is 0 Å². The Kier molecular flexibility index (Phi) is 2.53. The van der Waals surface area contributed by atoms with Gasteiger partial charge in [0, 0.05) is 0 Å². The molecule has 0 aliphatic carbocycles. The van der Waals surface area contributed by atoms with Gasteiger partial charge in [0.05, 0.1) is 0 Å². The van der Waals surface area contributed by atoms with Crippen molar-refractivity contribution >= 4 is 23.1 Å². The van der Waals surface area contributed by atoms with E-state index in [-0.39, 0.29) is 0 Å². The Balaban J connectivity index is 1.97. The van der Waals surface area contributed by atoms with Crippen LogP contribution in [-0.2, 0) is 0 Å². The predicted molar refractivity (Wildman–Crippen MR) is 87.7 cm³/mol. The average molecular weight is 254 g/mol. The van der Waals surface area contributed by atoms with Gasteiger partial charge in [-0.3, -0.25) is 0 Å². The Labute approximate surface area is 120 Å². The van der Waals surface area contributed by atoms with Crippen LogP contribution in [0.1, 0.15) is 5.56 Å². The van der Waals surface area contributed by atoms with Crippen molar-refractivity contribution < 1.29 is 0 Å². The van der Waals surface area contributed by atoms with Crippen LogP contribution in [0, 0.1) is 6.92 Å². The minimum atomic E-state index is 0.378. The lowest BCUT2D eigenvalue weighted by atomic mass is 9.39. The molecule has 0 nitrogen and oxygen atoms in total. The first kappa shape index (κ1) is 11.5. The van der Waals surface area contributed by atoms with Crippen LogP contribution in [0.2, 0.25) is 0 Å². The smallest absolute Gasteiger partial charge is 0.0686 e. The molecule has 0 atom stereocenters. The first-order valence-corrected chi connectivity index (χ1v) is 7.09. The molecule has 0 saturated carbocycles. The normalized spacial score (nSPS) is 12.2. The lowest BCUT2D eigenvalue weighted by Crippen LogP contribution is -2.48. The third kappa shape index (κ3) is 1.63. The van der Waals surface area contributed by atoms with Crippen molar-refractivity contribution in [1.29, 1.82) is 0 Å². The van der Waals surface area contributed by atoms with Gasteiger partial charge in [0.25, 0.3) is 0 Å². The molecule has 0 amide bonds. The minimum Gasteiger partial charge on any atom is -0.0686 e. The van der Waals surface area contributed by atoms with E-state index in [9.17, 15) is 0 Å². The third-order valence-corrected chi connectivity index (χ3v) is 4.24. The highest BCUT2D eigenvalue weighted by molar-refractivity contribution is 6.99. The van der Waals surface area contributed by atoms with Crippen molar-refractivity contribution in [2.45, 2.75) is 6.92 Å². The largest absolute Gasteiger partial charge is 0.242 e. The summed E-state index contributed by atoms with van der Waals surface area (Å²) >= 11 is 0. The van der Waals surface area contributed by atoms with E-state index in [1.54, 1.807) is 0 Å². The molecule has 94 valence electrons. The number of hydrogen-bond donors (Lipinski definition) is 0. The monoisotopic (exact) mass is 254 g/mol. The van der Waals surface area contributed by atoms with E-state index >= 15 is 0 Å². The lowest BCUT2D eigenvalue weighted by Gasteiger charge is -2.10. The fourth-order valence-electron chi connectivity index (χ4n) is 3.27. The van der Waals surface area contributed by atoms with Crippen LogP contribution in [0.15, 0.2) is 72.8 Å². The van der Waals surface area contributed by atoms with E-state index in [1.165, 1.54) is 33.1 Å². The molecule has 3 aromatic rings. The summed E-state index contributed by atoms with van der Waals surface area (Å²) in [4.78, 5) is 0. The van der Waals surface area contributed by atoms with Crippen LogP contribution < -0.4 is 16.4 Å². The summed E-state index contributed by atoms with van der Waals surface area (Å²) < 4.78 is 0. The molecule has 0 N–H and O–H groups in total. The highest BCUT2D eigenvalue weighted by Gasteiger charge is 2.32. The summed E-state index contributed by atoms with van der Waals surface area (Å²) in [6, 6.07) is 26.5. The molecule has 1 heteroatoms. The van der Waals surface area contributed by atoms with Gasteiger partial charge in [0.2, 0.25) is 6.71 Å². The number of fused-ring (bicyclic) bond motifs is 3. The van der Waals surface area contributed by atoms with E-state index in [0.717, 1.165) is 0 Å². The van der Waals surface area contributed by atoms with Gasteiger partial charge in [0.1, 0.15) is 0 Å². The van der Waals surface area contributed by atoms with E-state index < -0.39 is 0 Å². The highest BCUT2D eigenvalue weighted by Crippen LogP contribution is 2.22. The van der Waals surface area contributed by atoms with Crippen LogP contribution in [-0.4, -0.2) is 6.71 Å². The Morgan fingerprint density at radius 1 is 0.600 bits per heavy atom. The summed E-state index contributed by atoms with van der Waals surface area (Å²) in [5, 5.41) is 0. The fraction of sp³-hybridized carbons (Fsp3) is 0.0526. The summed E-state index contributed by atoms with van der Waals surface area (Å²) in [6.45, 7) is 2.52. The van der Waals surface area contributed by atoms with Crippen LogP contribution in [0.3, 0.4) is 0 Å². The Morgan fingerprint density at radius 2 is 1.10 bits per heavy atom. The molecule has 0 spiro atoms. The molecule has 0 radical (unpaired) electrons. The molecule has 0 unspecified atom stereocenters. The first-order valence-electron chi connectivity index (χ1n) is 7.09. The predicted octanol–water partition coefficient (Wildman–Crippen LogP) is 2.49. The van der Waals surface area contributed by atoms with Crippen molar-refractivity contribution in [3.8, 4) is 11.1 Å². The zero-order chi connectivity index (χ0) is 13.5. The van der Waals surface area contributed by atoms with Crippen LogP contribution in [0.25, 0.3) is 11.1 Å². The van der Waals surface area contributed by atoms with E-state index in [0.29, 0.717) is 6.71 Å². The second kappa shape index (κ2) is 4.38. The average Bonchev–Trinajstić information content (AvgIpc) is 2.83. The molecule has 20 heavy (non-hydrogen) atoms. The fourth-order valence-corrected chi connectivity index (χ4v) is 3.27. The van der Waals surface area contributed by atoms with E-state index in [1.807, 2.05) is 0 Å². The Morgan fingerprint density at radius 3 is 1.65 bits per heavy atom. The molecule has 1 aliphatic heterocycles. The van der Waals surface area contributed by atoms with E-state index in [2.05, 4.69) is 79.7 Å². The number of aryl methyl sites for hydroxylation is 1. The van der Waals surface area contributed by atoms with Gasteiger partial charge in [-0.1, -0.05) is 94.7 Å². The molecule has 4 rings (SSSR count). The maximum Gasteiger partial charge on any atom is 0.242 e. The van der Waals surface area contributed by atoms with Crippen molar-refractivity contribution in [3.63, 3.8) is 0 Å². The zero-order valence-corrected chi connectivity index (χ0v) is 11.5. The second-order valence-corrected chi connectivity index (χ2v) is 5.52. The van der Waals surface area contributed by atoms with Crippen LogP contribution in [0.4, 0.5) is 0 Å². The van der Waals surface area contributed by atoms with Crippen molar-refractivity contribution in [2.24, 2.45) is 0 Å². The number of rotatable bonds is 1. The molecule has 3 aromatic carbocycles. The SMILES string of the molecule is Cc1ccc(B2c3ccccc3-c3ccccc32)cc1. The number of benzene rings is 3. The topological polar surface area (TPSA) is 0 Å². The molecular formula is C19H15B. The zero-order valence-electron chi connectivity index (χ0n) is 11.5. The second-order valence-electron chi connectivity index (χ2n) is 5.52. The van der Waals surface area contributed by atoms with Crippen molar-refractivity contribution in [3.05, 3.63) is 78.4 Å². The molecule has 0 saturated heterocycles. The van der Waals surface area contributed by atoms with E-state index in [4.69, 9.17) is 0 Å².